The smallest absolute Gasteiger partial charge is 0.231 e. The van der Waals surface area contributed by atoms with Crippen LogP contribution in [0.1, 0.15) is 26.2 Å². The topological polar surface area (TPSA) is 20.3 Å². The molecule has 0 atom stereocenters. The maximum atomic E-state index is 10.3. The van der Waals surface area contributed by atoms with Gasteiger partial charge in [-0.25, -0.2) is 0 Å². The van der Waals surface area contributed by atoms with Crippen LogP contribution in [0.25, 0.3) is 0 Å². The van der Waals surface area contributed by atoms with E-state index in [1.165, 1.54) is 6.42 Å². The highest BCUT2D eigenvalue weighted by Gasteiger charge is 2.03. The van der Waals surface area contributed by atoms with Crippen LogP contribution in [-0.2, 0) is 4.79 Å². The van der Waals surface area contributed by atoms with Crippen molar-refractivity contribution in [1.82, 2.24) is 4.90 Å². The van der Waals surface area contributed by atoms with Crippen molar-refractivity contribution >= 4 is 6.29 Å². The standard InChI is InChI=1S/C10H14NO/c1-2-3-6-11-7-4-5-10(8-11)9-12/h4,7-8H,2-3,5-6H2,1H3. The van der Waals surface area contributed by atoms with Gasteiger partial charge in [0.1, 0.15) is 0 Å². The number of allylic oxidation sites excluding steroid dienone is 2. The predicted molar refractivity (Wildman–Crippen MR) is 49.1 cm³/mol. The van der Waals surface area contributed by atoms with Gasteiger partial charge < -0.3 is 4.90 Å². The van der Waals surface area contributed by atoms with Gasteiger partial charge in [0.15, 0.2) is 0 Å². The molecule has 2 nitrogen and oxygen atoms in total. The van der Waals surface area contributed by atoms with E-state index in [1.807, 2.05) is 29.7 Å². The molecule has 0 saturated carbocycles. The van der Waals surface area contributed by atoms with Gasteiger partial charge in [0.2, 0.25) is 6.29 Å². The Balaban J connectivity index is 2.43. The molecule has 65 valence electrons. The van der Waals surface area contributed by atoms with E-state index in [1.54, 1.807) is 0 Å². The summed E-state index contributed by atoms with van der Waals surface area (Å²) < 4.78 is 0. The number of unbranched alkanes of at least 4 members (excludes halogenated alkanes) is 1. The third-order valence-corrected chi connectivity index (χ3v) is 1.86. The molecule has 0 N–H and O–H groups in total. The quantitative estimate of drug-likeness (QED) is 0.633. The molecule has 12 heavy (non-hydrogen) atoms. The first-order chi connectivity index (χ1) is 5.86. The fourth-order valence-corrected chi connectivity index (χ4v) is 1.16. The first-order valence-electron chi connectivity index (χ1n) is 4.38. The second kappa shape index (κ2) is 4.75. The van der Waals surface area contributed by atoms with Crippen LogP contribution in [0, 0.1) is 0 Å². The van der Waals surface area contributed by atoms with Gasteiger partial charge in [-0.2, -0.15) is 0 Å². The average Bonchev–Trinajstić information content (AvgIpc) is 2.15. The molecule has 0 fully saturated rings. The SMILES string of the molecule is CCCCN1C=CCC([C]=O)=C1. The number of hydrogen-bond acceptors (Lipinski definition) is 2. The Morgan fingerprint density at radius 1 is 1.67 bits per heavy atom. The van der Waals surface area contributed by atoms with E-state index in [0.29, 0.717) is 0 Å². The lowest BCUT2D eigenvalue weighted by Crippen LogP contribution is -2.14. The summed E-state index contributed by atoms with van der Waals surface area (Å²) in [5.74, 6) is 0. The van der Waals surface area contributed by atoms with Crippen molar-refractivity contribution in [3.05, 3.63) is 24.0 Å². The van der Waals surface area contributed by atoms with Crippen molar-refractivity contribution < 1.29 is 4.79 Å². The maximum Gasteiger partial charge on any atom is 0.231 e. The second-order valence-corrected chi connectivity index (χ2v) is 2.94. The van der Waals surface area contributed by atoms with Crippen molar-refractivity contribution in [2.45, 2.75) is 26.2 Å². The minimum Gasteiger partial charge on any atom is -0.354 e. The summed E-state index contributed by atoms with van der Waals surface area (Å²) in [6, 6.07) is 0. The Hall–Kier alpha value is -1.05. The number of hydrogen-bond donors (Lipinski definition) is 0. The van der Waals surface area contributed by atoms with Gasteiger partial charge in [-0.05, 0) is 19.0 Å². The molecular formula is C10H14NO. The summed E-state index contributed by atoms with van der Waals surface area (Å²) in [6.45, 7) is 3.16. The lowest BCUT2D eigenvalue weighted by atomic mass is 10.2. The van der Waals surface area contributed by atoms with Gasteiger partial charge in [-0.1, -0.05) is 19.4 Å². The second-order valence-electron chi connectivity index (χ2n) is 2.94. The fourth-order valence-electron chi connectivity index (χ4n) is 1.16. The third kappa shape index (κ3) is 2.53. The highest BCUT2D eigenvalue weighted by molar-refractivity contribution is 5.74. The van der Waals surface area contributed by atoms with Gasteiger partial charge >= 0.3 is 0 Å². The Kier molecular flexibility index (Phi) is 3.58. The average molecular weight is 164 g/mol. The molecule has 1 radical (unpaired) electrons. The van der Waals surface area contributed by atoms with E-state index in [4.69, 9.17) is 0 Å². The molecule has 1 rings (SSSR count). The predicted octanol–water partition coefficient (Wildman–Crippen LogP) is 2.00. The monoisotopic (exact) mass is 164 g/mol. The molecule has 0 unspecified atom stereocenters. The Labute approximate surface area is 73.6 Å². The maximum absolute atomic E-state index is 10.3. The molecule has 0 amide bonds. The molecule has 2 heteroatoms. The minimum atomic E-state index is 0.728. The molecule has 0 aromatic heterocycles. The summed E-state index contributed by atoms with van der Waals surface area (Å²) in [5.41, 5.74) is 0.744. The molecule has 0 spiro atoms. The Morgan fingerprint density at radius 2 is 2.50 bits per heavy atom. The van der Waals surface area contributed by atoms with Crippen LogP contribution in [0.2, 0.25) is 0 Å². The summed E-state index contributed by atoms with van der Waals surface area (Å²) in [5, 5.41) is 0. The van der Waals surface area contributed by atoms with Crippen LogP contribution in [-0.4, -0.2) is 17.7 Å². The first kappa shape index (κ1) is 9.04. The summed E-state index contributed by atoms with van der Waals surface area (Å²) in [4.78, 5) is 12.4. The minimum absolute atomic E-state index is 0.728. The number of rotatable bonds is 4. The Morgan fingerprint density at radius 3 is 3.17 bits per heavy atom. The van der Waals surface area contributed by atoms with E-state index in [9.17, 15) is 4.79 Å². The van der Waals surface area contributed by atoms with E-state index < -0.39 is 0 Å². The van der Waals surface area contributed by atoms with Crippen LogP contribution in [0.3, 0.4) is 0 Å². The largest absolute Gasteiger partial charge is 0.354 e. The molecule has 0 aromatic carbocycles. The highest BCUT2D eigenvalue weighted by Crippen LogP contribution is 2.10. The molecule has 1 aliphatic rings. The van der Waals surface area contributed by atoms with Gasteiger partial charge in [0.25, 0.3) is 0 Å². The van der Waals surface area contributed by atoms with Crippen molar-refractivity contribution in [2.75, 3.05) is 6.54 Å². The van der Waals surface area contributed by atoms with Gasteiger partial charge in [0, 0.05) is 18.3 Å². The van der Waals surface area contributed by atoms with Crippen LogP contribution < -0.4 is 0 Å². The Bertz CT molecular complexity index is 206. The van der Waals surface area contributed by atoms with Gasteiger partial charge in [-0.3, -0.25) is 4.79 Å². The van der Waals surface area contributed by atoms with E-state index in [0.717, 1.165) is 25.0 Å². The zero-order valence-electron chi connectivity index (χ0n) is 7.42. The number of carbonyl (C=O) groups excluding carboxylic acids is 1. The zero-order valence-corrected chi connectivity index (χ0v) is 7.42. The molecule has 0 aliphatic carbocycles. The van der Waals surface area contributed by atoms with Crippen LogP contribution >= 0.6 is 0 Å². The summed E-state index contributed by atoms with van der Waals surface area (Å²) >= 11 is 0. The lowest BCUT2D eigenvalue weighted by molar-refractivity contribution is 0.474. The fraction of sp³-hybridized carbons (Fsp3) is 0.500. The van der Waals surface area contributed by atoms with Gasteiger partial charge in [0.05, 0.1) is 0 Å². The molecular weight excluding hydrogens is 150 g/mol. The summed E-state index contributed by atoms with van der Waals surface area (Å²) in [7, 11) is 0. The van der Waals surface area contributed by atoms with E-state index in [-0.39, 0.29) is 0 Å². The molecule has 1 aliphatic heterocycles. The van der Waals surface area contributed by atoms with E-state index >= 15 is 0 Å². The highest BCUT2D eigenvalue weighted by atomic mass is 16.1. The molecule has 0 saturated heterocycles. The van der Waals surface area contributed by atoms with Crippen LogP contribution in [0.15, 0.2) is 24.0 Å². The first-order valence-corrected chi connectivity index (χ1v) is 4.38. The molecule has 1 heterocycles. The normalized spacial score (nSPS) is 16.1. The van der Waals surface area contributed by atoms with Crippen molar-refractivity contribution in [2.24, 2.45) is 0 Å². The molecule has 0 bridgehead atoms. The van der Waals surface area contributed by atoms with Crippen molar-refractivity contribution in [3.63, 3.8) is 0 Å². The van der Waals surface area contributed by atoms with Crippen molar-refractivity contribution in [3.8, 4) is 0 Å². The zero-order chi connectivity index (χ0) is 8.81. The lowest BCUT2D eigenvalue weighted by Gasteiger charge is -2.18. The van der Waals surface area contributed by atoms with Crippen LogP contribution in [0.5, 0.6) is 0 Å². The van der Waals surface area contributed by atoms with Crippen LogP contribution in [0.4, 0.5) is 0 Å². The number of nitrogens with zero attached hydrogens (tertiary/aromatic N) is 1. The van der Waals surface area contributed by atoms with E-state index in [2.05, 4.69) is 6.92 Å². The molecule has 0 aromatic rings. The summed E-state index contributed by atoms with van der Waals surface area (Å²) in [6.07, 6.45) is 10.9. The third-order valence-electron chi connectivity index (χ3n) is 1.86. The van der Waals surface area contributed by atoms with Crippen molar-refractivity contribution in [1.29, 1.82) is 0 Å². The van der Waals surface area contributed by atoms with Gasteiger partial charge in [-0.15, -0.1) is 0 Å².